The highest BCUT2D eigenvalue weighted by molar-refractivity contribution is 6.45. The van der Waals surface area contributed by atoms with Crippen molar-refractivity contribution in [2.24, 2.45) is 20.0 Å². The van der Waals surface area contributed by atoms with Gasteiger partial charge in [-0.25, -0.2) is 4.79 Å². The summed E-state index contributed by atoms with van der Waals surface area (Å²) < 4.78 is 14.2. The van der Waals surface area contributed by atoms with Crippen LogP contribution in [0.5, 0.6) is 0 Å². The molecule has 8 heteroatoms. The van der Waals surface area contributed by atoms with Crippen LogP contribution in [0.2, 0.25) is 6.32 Å². The van der Waals surface area contributed by atoms with Crippen LogP contribution in [-0.4, -0.2) is 27.5 Å². The fraction of sp³-hybridized carbons (Fsp3) is 0.588. The molecule has 1 aromatic heterocycles. The summed E-state index contributed by atoms with van der Waals surface area (Å²) in [6, 6.07) is 2.19. The Morgan fingerprint density at radius 2 is 1.80 bits per heavy atom. The van der Waals surface area contributed by atoms with Crippen molar-refractivity contribution in [3.05, 3.63) is 38.7 Å². The molecule has 2 heterocycles. The molecule has 1 atom stereocenters. The van der Waals surface area contributed by atoms with Crippen LogP contribution in [0.15, 0.2) is 21.9 Å². The molecule has 0 bridgehead atoms. The molecule has 1 aromatic rings. The Hall–Kier alpha value is -2.11. The summed E-state index contributed by atoms with van der Waals surface area (Å²) in [4.78, 5) is 23.8. The topological polar surface area (TPSA) is 86.2 Å². The van der Waals surface area contributed by atoms with Gasteiger partial charge in [0.2, 0.25) is 0 Å². The van der Waals surface area contributed by atoms with Crippen LogP contribution in [0.3, 0.4) is 0 Å². The van der Waals surface area contributed by atoms with E-state index in [4.69, 9.17) is 9.31 Å². The van der Waals surface area contributed by atoms with Crippen LogP contribution in [0.1, 0.15) is 33.3 Å². The van der Waals surface area contributed by atoms with E-state index in [1.165, 1.54) is 17.8 Å². The molecule has 0 aliphatic carbocycles. The van der Waals surface area contributed by atoms with E-state index in [1.807, 2.05) is 27.7 Å². The molecule has 134 valence electrons. The van der Waals surface area contributed by atoms with E-state index in [0.29, 0.717) is 11.9 Å². The summed E-state index contributed by atoms with van der Waals surface area (Å²) in [6.45, 7) is 7.83. The molecular formula is C17H24BN3O4. The van der Waals surface area contributed by atoms with Gasteiger partial charge in [-0.3, -0.25) is 9.36 Å². The predicted molar refractivity (Wildman–Crippen MR) is 96.0 cm³/mol. The average Bonchev–Trinajstić information content (AvgIpc) is 2.73. The lowest BCUT2D eigenvalue weighted by Gasteiger charge is -2.32. The molecule has 0 amide bonds. The van der Waals surface area contributed by atoms with E-state index in [9.17, 15) is 14.9 Å². The summed E-state index contributed by atoms with van der Waals surface area (Å²) in [5.41, 5.74) is -1.34. The van der Waals surface area contributed by atoms with Crippen molar-refractivity contribution in [3.63, 3.8) is 0 Å². The number of allylic oxidation sites excluding steroid dienone is 1. The van der Waals surface area contributed by atoms with Gasteiger partial charge in [-0.2, -0.15) is 5.26 Å². The zero-order valence-electron chi connectivity index (χ0n) is 15.6. The largest absolute Gasteiger partial charge is 0.459 e. The van der Waals surface area contributed by atoms with Gasteiger partial charge in [-0.15, -0.1) is 0 Å². The van der Waals surface area contributed by atoms with Crippen molar-refractivity contribution in [1.82, 2.24) is 9.13 Å². The molecular weight excluding hydrogens is 321 g/mol. The Labute approximate surface area is 147 Å². The van der Waals surface area contributed by atoms with Gasteiger partial charge in [0.1, 0.15) is 0 Å². The first-order chi connectivity index (χ1) is 11.5. The fourth-order valence-corrected chi connectivity index (χ4v) is 2.61. The van der Waals surface area contributed by atoms with Gasteiger partial charge in [0, 0.05) is 26.6 Å². The molecule has 0 N–H and O–H groups in total. The van der Waals surface area contributed by atoms with Gasteiger partial charge >= 0.3 is 12.8 Å². The molecule has 25 heavy (non-hydrogen) atoms. The summed E-state index contributed by atoms with van der Waals surface area (Å²) in [7, 11) is 2.52. The van der Waals surface area contributed by atoms with Crippen LogP contribution < -0.4 is 11.2 Å². The highest BCUT2D eigenvalue weighted by Gasteiger charge is 2.51. The summed E-state index contributed by atoms with van der Waals surface area (Å²) in [5.74, 6) is -0.475. The van der Waals surface area contributed by atoms with Gasteiger partial charge < -0.3 is 13.9 Å². The van der Waals surface area contributed by atoms with E-state index >= 15 is 0 Å². The second-order valence-electron chi connectivity index (χ2n) is 7.36. The number of aromatic nitrogens is 2. The van der Waals surface area contributed by atoms with Gasteiger partial charge in [0.25, 0.3) is 5.56 Å². The number of nitrogens with zero attached hydrogens (tertiary/aromatic N) is 3. The third-order valence-electron chi connectivity index (χ3n) is 4.90. The molecule has 0 radical (unpaired) electrons. The molecule has 1 saturated heterocycles. The van der Waals surface area contributed by atoms with Crippen molar-refractivity contribution in [2.75, 3.05) is 0 Å². The average molecular weight is 345 g/mol. The number of nitriles is 1. The van der Waals surface area contributed by atoms with Crippen LogP contribution in [0.25, 0.3) is 6.08 Å². The molecule has 0 spiro atoms. The van der Waals surface area contributed by atoms with E-state index < -0.39 is 35.5 Å². The number of rotatable bonds is 4. The first-order valence-corrected chi connectivity index (χ1v) is 8.18. The van der Waals surface area contributed by atoms with Gasteiger partial charge in [-0.1, -0.05) is 12.2 Å². The van der Waals surface area contributed by atoms with Crippen molar-refractivity contribution in [2.45, 2.75) is 45.2 Å². The van der Waals surface area contributed by atoms with Gasteiger partial charge in [0.15, 0.2) is 0 Å². The minimum absolute atomic E-state index is 0.346. The van der Waals surface area contributed by atoms with Crippen molar-refractivity contribution >= 4 is 13.2 Å². The maximum atomic E-state index is 12.1. The van der Waals surface area contributed by atoms with Gasteiger partial charge in [-0.05, 0) is 27.7 Å². The van der Waals surface area contributed by atoms with Crippen molar-refractivity contribution in [1.29, 1.82) is 5.26 Å². The van der Waals surface area contributed by atoms with Crippen LogP contribution in [0, 0.1) is 17.2 Å². The lowest BCUT2D eigenvalue weighted by atomic mass is 9.77. The summed E-state index contributed by atoms with van der Waals surface area (Å²) in [6.07, 6.45) is 5.05. The Balaban J connectivity index is 2.17. The molecule has 0 saturated carbocycles. The smallest absolute Gasteiger partial charge is 0.403 e. The first-order valence-electron chi connectivity index (χ1n) is 8.18. The second-order valence-corrected chi connectivity index (χ2v) is 7.36. The van der Waals surface area contributed by atoms with Crippen molar-refractivity contribution in [3.8, 4) is 6.07 Å². The molecule has 1 aliphatic heterocycles. The lowest BCUT2D eigenvalue weighted by Crippen LogP contribution is -2.41. The number of aryl methyl sites for hydroxylation is 1. The second kappa shape index (κ2) is 6.66. The third-order valence-corrected chi connectivity index (χ3v) is 4.90. The Kier molecular flexibility index (Phi) is 5.12. The monoisotopic (exact) mass is 345 g/mol. The molecule has 1 aliphatic rings. The Bertz CT molecular complexity index is 829. The molecule has 7 nitrogen and oxygen atoms in total. The van der Waals surface area contributed by atoms with Crippen LogP contribution >= 0.6 is 0 Å². The number of hydrogen-bond acceptors (Lipinski definition) is 5. The summed E-state index contributed by atoms with van der Waals surface area (Å²) in [5, 5.41) is 9.40. The Morgan fingerprint density at radius 1 is 1.24 bits per heavy atom. The quantitative estimate of drug-likeness (QED) is 0.769. The standard InChI is InChI=1S/C17H24BN3O4/c1-16(2)17(3,4)25-18(24-16)9-12(10-19)7-8-13-11-20(5)15(23)21(6)14(13)22/h7-8,11-12H,9H2,1-6H3/b8-7+/t12-/m1/s1. The van der Waals surface area contributed by atoms with Crippen molar-refractivity contribution < 1.29 is 9.31 Å². The van der Waals surface area contributed by atoms with Crippen LogP contribution in [-0.2, 0) is 23.4 Å². The normalized spacial score (nSPS) is 20.0. The maximum Gasteiger partial charge on any atom is 0.459 e. The predicted octanol–water partition coefficient (Wildman–Crippen LogP) is 1.33. The van der Waals surface area contributed by atoms with E-state index in [2.05, 4.69) is 6.07 Å². The first kappa shape index (κ1) is 19.2. The van der Waals surface area contributed by atoms with E-state index in [1.54, 1.807) is 19.2 Å². The molecule has 1 fully saturated rings. The molecule has 0 aromatic carbocycles. The van der Waals surface area contributed by atoms with Crippen LogP contribution in [0.4, 0.5) is 0 Å². The van der Waals surface area contributed by atoms with E-state index in [0.717, 1.165) is 4.57 Å². The highest BCUT2D eigenvalue weighted by atomic mass is 16.7. The minimum atomic E-state index is -0.484. The SMILES string of the molecule is Cn1cc(/C=C/[C@@H](C#N)CB2OC(C)(C)C(C)(C)O2)c(=O)n(C)c1=O. The fourth-order valence-electron chi connectivity index (χ4n) is 2.61. The molecule has 0 unspecified atom stereocenters. The zero-order chi connectivity index (χ0) is 19.0. The van der Waals surface area contributed by atoms with E-state index in [-0.39, 0.29) is 0 Å². The Morgan fingerprint density at radius 3 is 2.32 bits per heavy atom. The molecule has 2 rings (SSSR count). The lowest BCUT2D eigenvalue weighted by molar-refractivity contribution is 0.00578. The highest BCUT2D eigenvalue weighted by Crippen LogP contribution is 2.38. The van der Waals surface area contributed by atoms with Gasteiger partial charge in [0.05, 0.1) is 28.8 Å². The number of hydrogen-bond donors (Lipinski definition) is 0. The zero-order valence-corrected chi connectivity index (χ0v) is 15.6. The third kappa shape index (κ3) is 3.78. The minimum Gasteiger partial charge on any atom is -0.403 e. The maximum absolute atomic E-state index is 12.1. The summed E-state index contributed by atoms with van der Waals surface area (Å²) >= 11 is 0.